The van der Waals surface area contributed by atoms with E-state index >= 15 is 0 Å². The van der Waals surface area contributed by atoms with Gasteiger partial charge in [0, 0.05) is 29.2 Å². The van der Waals surface area contributed by atoms with Crippen LogP contribution in [0.2, 0.25) is 0 Å². The number of benzene rings is 1. The average Bonchev–Trinajstić information content (AvgIpc) is 2.95. The number of carbonyl (C=O) groups is 1. The van der Waals surface area contributed by atoms with E-state index in [0.29, 0.717) is 18.3 Å². The summed E-state index contributed by atoms with van der Waals surface area (Å²) >= 11 is 1.92. The number of fused-ring (bicyclic) bond motifs is 1. The van der Waals surface area contributed by atoms with Crippen LogP contribution in [0.3, 0.4) is 0 Å². The number of urea groups is 1. The first-order valence-electron chi connectivity index (χ1n) is 9.52. The monoisotopic (exact) mass is 386 g/mol. The van der Waals surface area contributed by atoms with E-state index in [2.05, 4.69) is 56.2 Å². The highest BCUT2D eigenvalue weighted by Gasteiger charge is 2.31. The number of carbonyl (C=O) groups excluding carboxylic acids is 1. The molecule has 2 heterocycles. The number of rotatable bonds is 4. The molecule has 0 fully saturated rings. The highest BCUT2D eigenvalue weighted by Crippen LogP contribution is 2.30. The number of nitrogens with one attached hydrogen (secondary N) is 2. The molecule has 2 aromatic rings. The molecule has 0 atom stereocenters. The van der Waals surface area contributed by atoms with E-state index in [1.165, 1.54) is 5.56 Å². The van der Waals surface area contributed by atoms with Crippen LogP contribution >= 0.6 is 11.8 Å². The summed E-state index contributed by atoms with van der Waals surface area (Å²) in [5.41, 5.74) is 5.57. The minimum absolute atomic E-state index is 0.0000789. The van der Waals surface area contributed by atoms with E-state index in [0.717, 1.165) is 34.7 Å². The molecule has 0 saturated carbocycles. The third-order valence-corrected chi connectivity index (χ3v) is 6.13. The summed E-state index contributed by atoms with van der Waals surface area (Å²) in [4.78, 5) is 14.9. The fraction of sp³-hybridized carbons (Fsp3) is 0.524. The summed E-state index contributed by atoms with van der Waals surface area (Å²) < 4.78 is 0. The standard InChI is InChI=1S/C21H30N4OS/c1-14(2)27-12-16-7-6-8-18(15(16)3)23-20(26)25-11-17-10-22-24-19(17)9-21(4,5)13-25/h6-8,10,14H,9,11-13H2,1-5H3,(H,22,24)(H,23,26). The SMILES string of the molecule is Cc1c(CSC(C)C)cccc1NC(=O)N1Cc2cn[nH]c2CC(C)(C)C1. The highest BCUT2D eigenvalue weighted by molar-refractivity contribution is 7.99. The Morgan fingerprint density at radius 1 is 1.41 bits per heavy atom. The number of hydrogen-bond donors (Lipinski definition) is 2. The fourth-order valence-corrected chi connectivity index (χ4v) is 4.33. The van der Waals surface area contributed by atoms with Gasteiger partial charge in [0.1, 0.15) is 0 Å². The maximum Gasteiger partial charge on any atom is 0.322 e. The number of amides is 2. The van der Waals surface area contributed by atoms with Crippen molar-refractivity contribution in [3.8, 4) is 0 Å². The molecule has 0 bridgehead atoms. The van der Waals surface area contributed by atoms with Crippen molar-refractivity contribution in [2.75, 3.05) is 11.9 Å². The molecule has 1 aromatic heterocycles. The van der Waals surface area contributed by atoms with Crippen LogP contribution in [0.5, 0.6) is 0 Å². The first-order chi connectivity index (χ1) is 12.7. The van der Waals surface area contributed by atoms with Crippen molar-refractivity contribution < 1.29 is 4.79 Å². The number of anilines is 1. The van der Waals surface area contributed by atoms with Crippen molar-refractivity contribution in [3.63, 3.8) is 0 Å². The molecule has 1 aliphatic rings. The smallest absolute Gasteiger partial charge is 0.320 e. The number of aromatic amines is 1. The van der Waals surface area contributed by atoms with Crippen molar-refractivity contribution in [2.45, 2.75) is 58.6 Å². The summed E-state index contributed by atoms with van der Waals surface area (Å²) in [7, 11) is 0. The quantitative estimate of drug-likeness (QED) is 0.779. The zero-order valence-corrected chi connectivity index (χ0v) is 17.7. The van der Waals surface area contributed by atoms with Gasteiger partial charge >= 0.3 is 6.03 Å². The molecule has 2 amide bonds. The van der Waals surface area contributed by atoms with Crippen LogP contribution in [0.25, 0.3) is 0 Å². The van der Waals surface area contributed by atoms with Crippen LogP contribution in [-0.4, -0.2) is 32.9 Å². The lowest BCUT2D eigenvalue weighted by molar-refractivity contribution is 0.180. The molecule has 6 heteroatoms. The van der Waals surface area contributed by atoms with Crippen LogP contribution in [0, 0.1) is 12.3 Å². The van der Waals surface area contributed by atoms with Gasteiger partial charge in [0.2, 0.25) is 0 Å². The van der Waals surface area contributed by atoms with Gasteiger partial charge in [-0.25, -0.2) is 4.79 Å². The molecule has 0 spiro atoms. The largest absolute Gasteiger partial charge is 0.322 e. The average molecular weight is 387 g/mol. The Hall–Kier alpha value is -1.95. The zero-order chi connectivity index (χ0) is 19.6. The van der Waals surface area contributed by atoms with E-state index in [4.69, 9.17) is 0 Å². The maximum atomic E-state index is 13.0. The topological polar surface area (TPSA) is 61.0 Å². The molecular weight excluding hydrogens is 356 g/mol. The predicted octanol–water partition coefficient (Wildman–Crippen LogP) is 4.98. The Morgan fingerprint density at radius 3 is 2.93 bits per heavy atom. The van der Waals surface area contributed by atoms with Gasteiger partial charge in [-0.3, -0.25) is 5.10 Å². The number of aromatic nitrogens is 2. The Balaban J connectivity index is 1.76. The Morgan fingerprint density at radius 2 is 2.19 bits per heavy atom. The molecule has 0 aliphatic carbocycles. The summed E-state index contributed by atoms with van der Waals surface area (Å²) in [6, 6.07) is 6.11. The van der Waals surface area contributed by atoms with Gasteiger partial charge in [0.15, 0.2) is 0 Å². The minimum Gasteiger partial charge on any atom is -0.320 e. The van der Waals surface area contributed by atoms with Gasteiger partial charge in [0.25, 0.3) is 0 Å². The molecule has 0 radical (unpaired) electrons. The summed E-state index contributed by atoms with van der Waals surface area (Å²) in [6.07, 6.45) is 2.74. The van der Waals surface area contributed by atoms with Crippen molar-refractivity contribution in [1.82, 2.24) is 15.1 Å². The van der Waals surface area contributed by atoms with Crippen molar-refractivity contribution in [2.24, 2.45) is 5.41 Å². The lowest BCUT2D eigenvalue weighted by atomic mass is 9.88. The lowest BCUT2D eigenvalue weighted by Gasteiger charge is -2.30. The molecule has 1 aromatic carbocycles. The van der Waals surface area contributed by atoms with Gasteiger partial charge < -0.3 is 10.2 Å². The number of thioether (sulfide) groups is 1. The number of hydrogen-bond acceptors (Lipinski definition) is 3. The summed E-state index contributed by atoms with van der Waals surface area (Å²) in [5, 5.41) is 11.0. The van der Waals surface area contributed by atoms with Gasteiger partial charge in [-0.2, -0.15) is 16.9 Å². The molecule has 0 saturated heterocycles. The minimum atomic E-state index is -0.0473. The van der Waals surface area contributed by atoms with Crippen molar-refractivity contribution in [3.05, 3.63) is 46.8 Å². The molecule has 146 valence electrons. The Kier molecular flexibility index (Phi) is 5.84. The highest BCUT2D eigenvalue weighted by atomic mass is 32.2. The first kappa shape index (κ1) is 19.8. The third-order valence-electron chi connectivity index (χ3n) is 4.99. The molecule has 1 aliphatic heterocycles. The normalized spacial score (nSPS) is 16.1. The molecule has 3 rings (SSSR count). The van der Waals surface area contributed by atoms with Crippen molar-refractivity contribution in [1.29, 1.82) is 0 Å². The van der Waals surface area contributed by atoms with E-state index in [1.54, 1.807) is 0 Å². The van der Waals surface area contributed by atoms with Crippen LogP contribution < -0.4 is 5.32 Å². The van der Waals surface area contributed by atoms with Crippen LogP contribution in [-0.2, 0) is 18.7 Å². The van der Waals surface area contributed by atoms with Gasteiger partial charge in [-0.1, -0.05) is 39.8 Å². The lowest BCUT2D eigenvalue weighted by Crippen LogP contribution is -2.40. The molecular formula is C21H30N4OS. The second-order valence-corrected chi connectivity index (χ2v) is 10.0. The molecule has 0 unspecified atom stereocenters. The van der Waals surface area contributed by atoms with Gasteiger partial charge in [0.05, 0.1) is 12.7 Å². The Bertz CT molecular complexity index is 812. The molecule has 5 nitrogen and oxygen atoms in total. The van der Waals surface area contributed by atoms with Crippen LogP contribution in [0.4, 0.5) is 10.5 Å². The van der Waals surface area contributed by atoms with Gasteiger partial charge in [-0.05, 0) is 41.2 Å². The van der Waals surface area contributed by atoms with E-state index in [1.807, 2.05) is 35.0 Å². The third kappa shape index (κ3) is 4.86. The second-order valence-electron chi connectivity index (χ2n) is 8.45. The molecule has 27 heavy (non-hydrogen) atoms. The van der Waals surface area contributed by atoms with Gasteiger partial charge in [-0.15, -0.1) is 0 Å². The van der Waals surface area contributed by atoms with Crippen LogP contribution in [0.15, 0.2) is 24.4 Å². The maximum absolute atomic E-state index is 13.0. The molecule has 2 N–H and O–H groups in total. The van der Waals surface area contributed by atoms with E-state index in [9.17, 15) is 4.79 Å². The fourth-order valence-electron chi connectivity index (χ4n) is 3.51. The van der Waals surface area contributed by atoms with Crippen LogP contribution in [0.1, 0.15) is 50.1 Å². The second kappa shape index (κ2) is 7.97. The first-order valence-corrected chi connectivity index (χ1v) is 10.6. The summed E-state index contributed by atoms with van der Waals surface area (Å²) in [6.45, 7) is 12.2. The predicted molar refractivity (Wildman–Crippen MR) is 113 cm³/mol. The van der Waals surface area contributed by atoms with E-state index < -0.39 is 0 Å². The van der Waals surface area contributed by atoms with Crippen molar-refractivity contribution >= 4 is 23.5 Å². The zero-order valence-electron chi connectivity index (χ0n) is 16.9. The number of H-pyrrole nitrogens is 1. The van der Waals surface area contributed by atoms with E-state index in [-0.39, 0.29) is 11.4 Å². The Labute approximate surface area is 166 Å². The summed E-state index contributed by atoms with van der Waals surface area (Å²) in [5.74, 6) is 0.961. The number of nitrogens with zero attached hydrogens (tertiary/aromatic N) is 2.